The number of nitrogens with zero attached hydrogens (tertiary/aromatic N) is 3. The third kappa shape index (κ3) is 9.76. The van der Waals surface area contributed by atoms with Gasteiger partial charge in [-0.05, 0) is 77.4 Å². The van der Waals surface area contributed by atoms with Crippen molar-refractivity contribution in [3.63, 3.8) is 0 Å². The Morgan fingerprint density at radius 1 is 0.974 bits per heavy atom. The van der Waals surface area contributed by atoms with Crippen molar-refractivity contribution in [1.82, 2.24) is 4.90 Å². The van der Waals surface area contributed by atoms with Gasteiger partial charge in [-0.2, -0.15) is 10.5 Å². The summed E-state index contributed by atoms with van der Waals surface area (Å²) in [6.07, 6.45) is 1.50. The Hall–Kier alpha value is -4.07. The van der Waals surface area contributed by atoms with Gasteiger partial charge in [-0.25, -0.2) is 0 Å². The van der Waals surface area contributed by atoms with Gasteiger partial charge < -0.3 is 9.62 Å². The van der Waals surface area contributed by atoms with Gasteiger partial charge in [0.1, 0.15) is 0 Å². The smallest absolute Gasteiger partial charge is 0.209 e. The fourth-order valence-electron chi connectivity index (χ4n) is 3.29. The highest BCUT2D eigenvalue weighted by Gasteiger charge is 2.13. The van der Waals surface area contributed by atoms with Crippen molar-refractivity contribution >= 4 is 30.3 Å². The van der Waals surface area contributed by atoms with E-state index in [0.29, 0.717) is 23.2 Å². The van der Waals surface area contributed by atoms with Crippen LogP contribution < -0.4 is 4.72 Å². The molecule has 0 aliphatic heterocycles. The molecule has 0 atom stereocenters. The summed E-state index contributed by atoms with van der Waals surface area (Å²) in [4.78, 5) is 24.1. The van der Waals surface area contributed by atoms with Crippen LogP contribution in [0.5, 0.6) is 0 Å². The zero-order chi connectivity index (χ0) is 28.7. The molecular weight excluding hydrogens is 492 g/mol. The van der Waals surface area contributed by atoms with Crippen LogP contribution in [0, 0.1) is 29.6 Å². The molecule has 1 amide bonds. The van der Waals surface area contributed by atoms with Gasteiger partial charge in [-0.3, -0.25) is 9.59 Å². The van der Waals surface area contributed by atoms with Crippen molar-refractivity contribution in [3.05, 3.63) is 94.0 Å². The first-order valence-electron chi connectivity index (χ1n) is 12.3. The lowest BCUT2D eigenvalue weighted by atomic mass is 9.87. The lowest BCUT2D eigenvalue weighted by molar-refractivity contribution is -0.117. The summed E-state index contributed by atoms with van der Waals surface area (Å²) in [5.74, 6) is 0. The van der Waals surface area contributed by atoms with Gasteiger partial charge in [0.15, 0.2) is 6.29 Å². The first kappa shape index (κ1) is 32.0. The van der Waals surface area contributed by atoms with Crippen LogP contribution in [-0.2, 0) is 16.8 Å². The van der Waals surface area contributed by atoms with E-state index in [1.54, 1.807) is 25.2 Å². The molecule has 0 fully saturated rings. The van der Waals surface area contributed by atoms with Crippen molar-refractivity contribution in [3.8, 4) is 12.1 Å². The van der Waals surface area contributed by atoms with Gasteiger partial charge in [0, 0.05) is 29.7 Å². The Morgan fingerprint density at radius 2 is 1.63 bits per heavy atom. The maximum Gasteiger partial charge on any atom is 0.209 e. The minimum Gasteiger partial charge on any atom is -0.344 e. The first-order valence-corrected chi connectivity index (χ1v) is 13.1. The van der Waals surface area contributed by atoms with E-state index in [-0.39, 0.29) is 5.41 Å². The number of carbonyl (C=O) groups is 2. The number of anilines is 1. The Kier molecular flexibility index (Phi) is 13.4. The summed E-state index contributed by atoms with van der Waals surface area (Å²) in [6, 6.07) is 23.2. The van der Waals surface area contributed by atoms with Gasteiger partial charge in [0.2, 0.25) is 6.41 Å². The van der Waals surface area contributed by atoms with Crippen molar-refractivity contribution in [2.75, 3.05) is 11.8 Å². The number of rotatable bonds is 7. The van der Waals surface area contributed by atoms with Gasteiger partial charge >= 0.3 is 0 Å². The molecule has 1 N–H and O–H groups in total. The van der Waals surface area contributed by atoms with Crippen LogP contribution in [0.15, 0.2) is 65.6 Å². The van der Waals surface area contributed by atoms with Crippen LogP contribution in [0.4, 0.5) is 5.69 Å². The van der Waals surface area contributed by atoms with Gasteiger partial charge in [0.05, 0.1) is 23.3 Å². The highest BCUT2D eigenvalue weighted by Crippen LogP contribution is 2.29. The van der Waals surface area contributed by atoms with Crippen molar-refractivity contribution in [2.45, 2.75) is 58.4 Å². The molecule has 0 unspecified atom stereocenters. The monoisotopic (exact) mass is 528 g/mol. The standard InChI is InChI=1S/C19H20N2OS.C10H10N2O.C2H6/c1-13-17(12-22)14(11-20)5-10-18(13)21-23-16-8-6-15(7-9-16)19(2,3)4;1-12(8-13)7-10-4-2-3-9(5-10)6-11;1-2/h5-10,12,21H,1-4H3;2-5,8H,7H2,1H3;1-2H3. The number of aldehydes is 1. The first-order chi connectivity index (χ1) is 18.1. The second-order valence-corrected chi connectivity index (χ2v) is 10.1. The maximum atomic E-state index is 11.2. The van der Waals surface area contributed by atoms with E-state index < -0.39 is 0 Å². The number of carbonyl (C=O) groups excluding carboxylic acids is 2. The number of hydrogen-bond acceptors (Lipinski definition) is 6. The second kappa shape index (κ2) is 15.9. The summed E-state index contributed by atoms with van der Waals surface area (Å²) < 4.78 is 3.26. The highest BCUT2D eigenvalue weighted by molar-refractivity contribution is 8.00. The van der Waals surface area contributed by atoms with Gasteiger partial charge in [-0.1, -0.05) is 58.9 Å². The molecular formula is C31H36N4O2S. The molecule has 0 saturated carbocycles. The molecule has 0 aliphatic rings. The minimum absolute atomic E-state index is 0.138. The zero-order valence-corrected chi connectivity index (χ0v) is 24.0. The molecule has 3 aromatic rings. The number of amides is 1. The Bertz CT molecular complexity index is 1280. The molecule has 0 radical (unpaired) electrons. The van der Waals surface area contributed by atoms with E-state index in [0.717, 1.165) is 34.4 Å². The van der Waals surface area contributed by atoms with E-state index in [4.69, 9.17) is 10.5 Å². The normalized spacial score (nSPS) is 9.82. The molecule has 0 heterocycles. The molecule has 0 aromatic heterocycles. The predicted octanol–water partition coefficient (Wildman–Crippen LogP) is 7.27. The Labute approximate surface area is 231 Å². The maximum absolute atomic E-state index is 11.2. The summed E-state index contributed by atoms with van der Waals surface area (Å²) in [6.45, 7) is 13.0. The van der Waals surface area contributed by atoms with Crippen LogP contribution in [0.2, 0.25) is 0 Å². The van der Waals surface area contributed by atoms with E-state index >= 15 is 0 Å². The second-order valence-electron chi connectivity index (χ2n) is 9.24. The molecule has 3 aromatic carbocycles. The number of nitrogens with one attached hydrogen (secondary N) is 1. The summed E-state index contributed by atoms with van der Waals surface area (Å²) in [5.41, 5.74) is 5.50. The molecule has 0 bridgehead atoms. The van der Waals surface area contributed by atoms with Crippen LogP contribution in [0.25, 0.3) is 0 Å². The van der Waals surface area contributed by atoms with Crippen LogP contribution in [-0.4, -0.2) is 24.6 Å². The largest absolute Gasteiger partial charge is 0.344 e. The van der Waals surface area contributed by atoms with Crippen molar-refractivity contribution in [2.24, 2.45) is 0 Å². The molecule has 0 aliphatic carbocycles. The average molecular weight is 529 g/mol. The molecule has 0 saturated heterocycles. The third-order valence-corrected chi connectivity index (χ3v) is 6.25. The Morgan fingerprint density at radius 3 is 2.16 bits per heavy atom. The fraction of sp³-hybridized carbons (Fsp3) is 0.290. The lowest BCUT2D eigenvalue weighted by Gasteiger charge is -2.19. The van der Waals surface area contributed by atoms with Gasteiger partial charge in [0.25, 0.3) is 0 Å². The SMILES string of the molecule is CC.CN(C=O)Cc1cccc(C#N)c1.Cc1c(NSc2ccc(C(C)(C)C)cc2)ccc(C#N)c1C=O. The Balaban J connectivity index is 0.000000408. The summed E-state index contributed by atoms with van der Waals surface area (Å²) in [5, 5.41) is 17.7. The molecule has 198 valence electrons. The number of nitriles is 2. The highest BCUT2D eigenvalue weighted by atomic mass is 32.2. The molecule has 38 heavy (non-hydrogen) atoms. The topological polar surface area (TPSA) is 97.0 Å². The third-order valence-electron chi connectivity index (χ3n) is 5.42. The van der Waals surface area contributed by atoms with Crippen LogP contribution in [0.1, 0.15) is 72.8 Å². The number of benzene rings is 3. The lowest BCUT2D eigenvalue weighted by Crippen LogP contribution is -2.14. The molecule has 3 rings (SSSR count). The average Bonchev–Trinajstić information content (AvgIpc) is 2.93. The van der Waals surface area contributed by atoms with Crippen LogP contribution >= 0.6 is 11.9 Å². The van der Waals surface area contributed by atoms with E-state index in [2.05, 4.69) is 55.8 Å². The van der Waals surface area contributed by atoms with Crippen molar-refractivity contribution in [1.29, 1.82) is 10.5 Å². The minimum atomic E-state index is 0.138. The van der Waals surface area contributed by atoms with Crippen molar-refractivity contribution < 1.29 is 9.59 Å². The van der Waals surface area contributed by atoms with E-state index in [9.17, 15) is 9.59 Å². The quantitative estimate of drug-likeness (QED) is 0.256. The van der Waals surface area contributed by atoms with E-state index in [1.807, 2.05) is 45.0 Å². The molecule has 0 spiro atoms. The van der Waals surface area contributed by atoms with E-state index in [1.165, 1.54) is 22.4 Å². The van der Waals surface area contributed by atoms with Crippen LogP contribution in [0.3, 0.4) is 0 Å². The summed E-state index contributed by atoms with van der Waals surface area (Å²) in [7, 11) is 1.70. The van der Waals surface area contributed by atoms with Gasteiger partial charge in [-0.15, -0.1) is 0 Å². The predicted molar refractivity (Wildman–Crippen MR) is 156 cm³/mol. The fourth-order valence-corrected chi connectivity index (χ4v) is 4.01. The molecule has 7 heteroatoms. The molecule has 6 nitrogen and oxygen atoms in total. The summed E-state index contributed by atoms with van der Waals surface area (Å²) >= 11 is 1.49. The number of hydrogen-bond donors (Lipinski definition) is 1. The zero-order valence-electron chi connectivity index (χ0n) is 23.2.